The monoisotopic (exact) mass is 444 g/mol. The Kier molecular flexibility index (Phi) is 6.97. The number of hydrogen-bond acceptors (Lipinski definition) is 3. The topological polar surface area (TPSA) is 79.2 Å². The fraction of sp³-hybridized carbons (Fsp3) is 0.304. The lowest BCUT2D eigenvalue weighted by molar-refractivity contribution is 0.0430. The Labute approximate surface area is 186 Å². The summed E-state index contributed by atoms with van der Waals surface area (Å²) in [5.41, 5.74) is 3.43. The van der Waals surface area contributed by atoms with Gasteiger partial charge < -0.3 is 15.7 Å². The summed E-state index contributed by atoms with van der Waals surface area (Å²) in [6.07, 6.45) is -2.07. The maximum Gasteiger partial charge on any atom is 0.319 e. The normalized spacial score (nSPS) is 12.5. The van der Waals surface area contributed by atoms with Gasteiger partial charge in [0.15, 0.2) is 6.36 Å². The summed E-state index contributed by atoms with van der Waals surface area (Å²) in [5.74, 6) is 0. The van der Waals surface area contributed by atoms with Crippen molar-refractivity contribution in [3.63, 3.8) is 0 Å². The highest BCUT2D eigenvalue weighted by Gasteiger charge is 2.21. The van der Waals surface area contributed by atoms with Crippen LogP contribution in [0.4, 0.5) is 14.9 Å². The first-order valence-electron chi connectivity index (χ1n) is 9.93. The largest absolute Gasteiger partial charge is 0.364 e. The van der Waals surface area contributed by atoms with Crippen LogP contribution in [0.1, 0.15) is 37.7 Å². The van der Waals surface area contributed by atoms with Gasteiger partial charge in [0.25, 0.3) is 0 Å². The second-order valence-corrected chi connectivity index (χ2v) is 8.75. The zero-order valence-electron chi connectivity index (χ0n) is 17.7. The number of carbonyl (C=O) groups is 1. The van der Waals surface area contributed by atoms with Crippen LogP contribution in [-0.2, 0) is 18.4 Å². The fourth-order valence-corrected chi connectivity index (χ4v) is 3.24. The summed E-state index contributed by atoms with van der Waals surface area (Å²) in [6, 6.07) is 15.6. The lowest BCUT2D eigenvalue weighted by atomic mass is 9.92. The Balaban J connectivity index is 1.75. The van der Waals surface area contributed by atoms with E-state index in [-0.39, 0.29) is 18.4 Å². The smallest absolute Gasteiger partial charge is 0.319 e. The van der Waals surface area contributed by atoms with Gasteiger partial charge in [-0.05, 0) is 42.0 Å². The van der Waals surface area contributed by atoms with E-state index in [2.05, 4.69) is 31.4 Å². The van der Waals surface area contributed by atoms with Crippen molar-refractivity contribution in [1.29, 1.82) is 0 Å². The third kappa shape index (κ3) is 6.29. The van der Waals surface area contributed by atoms with Crippen LogP contribution in [0, 0.1) is 0 Å². The van der Waals surface area contributed by atoms with Gasteiger partial charge in [0.2, 0.25) is 0 Å². The van der Waals surface area contributed by atoms with Gasteiger partial charge in [-0.2, -0.15) is 5.10 Å². The minimum atomic E-state index is -1.94. The number of aliphatic hydroxyl groups is 1. The predicted molar refractivity (Wildman–Crippen MR) is 120 cm³/mol. The Morgan fingerprint density at radius 3 is 2.61 bits per heavy atom. The number of hydrogen-bond donors (Lipinski definition) is 3. The summed E-state index contributed by atoms with van der Waals surface area (Å²) >= 11 is 6.15. The molecule has 1 aromatic heterocycles. The van der Waals surface area contributed by atoms with Gasteiger partial charge in [0.05, 0.1) is 23.6 Å². The Morgan fingerprint density at radius 2 is 1.94 bits per heavy atom. The molecule has 3 N–H and O–H groups in total. The molecule has 0 aliphatic heterocycles. The summed E-state index contributed by atoms with van der Waals surface area (Å²) in [4.78, 5) is 12.4. The molecular formula is C23H26ClFN4O2. The van der Waals surface area contributed by atoms with E-state index < -0.39 is 12.4 Å². The number of aliphatic hydroxyl groups excluding tert-OH is 1. The van der Waals surface area contributed by atoms with Crippen molar-refractivity contribution in [3.8, 4) is 5.69 Å². The Morgan fingerprint density at radius 1 is 1.19 bits per heavy atom. The molecule has 164 valence electrons. The number of carbonyl (C=O) groups excluding carboxylic acids is 1. The van der Waals surface area contributed by atoms with Gasteiger partial charge in [-0.3, -0.25) is 0 Å². The van der Waals surface area contributed by atoms with Gasteiger partial charge in [0, 0.05) is 22.5 Å². The molecule has 0 saturated carbocycles. The van der Waals surface area contributed by atoms with Crippen molar-refractivity contribution in [2.45, 2.75) is 45.5 Å². The number of urea groups is 1. The van der Waals surface area contributed by atoms with E-state index in [0.717, 1.165) is 17.1 Å². The Bertz CT molecular complexity index is 1060. The number of rotatable bonds is 6. The zero-order chi connectivity index (χ0) is 22.6. The van der Waals surface area contributed by atoms with Crippen molar-refractivity contribution >= 4 is 23.3 Å². The third-order valence-electron chi connectivity index (χ3n) is 4.62. The van der Waals surface area contributed by atoms with E-state index in [9.17, 15) is 9.18 Å². The number of anilines is 1. The summed E-state index contributed by atoms with van der Waals surface area (Å²) in [5, 5.41) is 19.8. The average Bonchev–Trinajstić information content (AvgIpc) is 3.11. The van der Waals surface area contributed by atoms with Crippen LogP contribution in [0.15, 0.2) is 54.6 Å². The van der Waals surface area contributed by atoms with Crippen LogP contribution < -0.4 is 10.6 Å². The highest BCUT2D eigenvalue weighted by Crippen LogP contribution is 2.24. The lowest BCUT2D eigenvalue weighted by Gasteiger charge is -2.14. The third-order valence-corrected chi connectivity index (χ3v) is 4.86. The van der Waals surface area contributed by atoms with Crippen molar-refractivity contribution in [2.75, 3.05) is 5.32 Å². The van der Waals surface area contributed by atoms with E-state index in [0.29, 0.717) is 16.3 Å². The number of alkyl halides is 1. The van der Waals surface area contributed by atoms with E-state index in [4.69, 9.17) is 21.8 Å². The second-order valence-electron chi connectivity index (χ2n) is 8.31. The van der Waals surface area contributed by atoms with Crippen molar-refractivity contribution in [3.05, 3.63) is 76.6 Å². The first-order valence-corrected chi connectivity index (χ1v) is 10.3. The molecule has 0 spiro atoms. The molecule has 6 nitrogen and oxygen atoms in total. The number of nitrogens with one attached hydrogen (secondary N) is 2. The van der Waals surface area contributed by atoms with E-state index >= 15 is 0 Å². The van der Waals surface area contributed by atoms with Crippen molar-refractivity contribution in [2.24, 2.45) is 0 Å². The van der Waals surface area contributed by atoms with Crippen LogP contribution in [-0.4, -0.2) is 27.3 Å². The molecule has 1 heterocycles. The SMILES string of the molecule is CC(C)(C)c1cc(CNC(=O)Nc2cccc(CC(O)F)c2)n(-c2cccc(Cl)c2)n1. The molecule has 1 atom stereocenters. The van der Waals surface area contributed by atoms with Gasteiger partial charge in [0.1, 0.15) is 0 Å². The number of nitrogens with zero attached hydrogens (tertiary/aromatic N) is 2. The molecule has 3 rings (SSSR count). The lowest BCUT2D eigenvalue weighted by Crippen LogP contribution is -2.29. The molecule has 2 amide bonds. The van der Waals surface area contributed by atoms with E-state index in [1.807, 2.05) is 24.3 Å². The minimum absolute atomic E-state index is 0.133. The van der Waals surface area contributed by atoms with E-state index in [1.54, 1.807) is 35.0 Å². The van der Waals surface area contributed by atoms with Crippen LogP contribution >= 0.6 is 11.6 Å². The molecule has 0 saturated heterocycles. The first-order chi connectivity index (χ1) is 14.6. The van der Waals surface area contributed by atoms with Crippen molar-refractivity contribution in [1.82, 2.24) is 15.1 Å². The molecule has 31 heavy (non-hydrogen) atoms. The molecule has 0 fully saturated rings. The highest BCUT2D eigenvalue weighted by molar-refractivity contribution is 6.30. The fourth-order valence-electron chi connectivity index (χ4n) is 3.06. The number of benzene rings is 2. The maximum absolute atomic E-state index is 12.8. The zero-order valence-corrected chi connectivity index (χ0v) is 18.4. The van der Waals surface area contributed by atoms with Crippen LogP contribution in [0.5, 0.6) is 0 Å². The van der Waals surface area contributed by atoms with Crippen LogP contribution in [0.25, 0.3) is 5.69 Å². The molecule has 2 aromatic carbocycles. The average molecular weight is 445 g/mol. The van der Waals surface area contributed by atoms with Crippen molar-refractivity contribution < 1.29 is 14.3 Å². The molecule has 1 unspecified atom stereocenters. The molecule has 0 aliphatic rings. The molecule has 0 bridgehead atoms. The quantitative estimate of drug-likeness (QED) is 0.502. The summed E-state index contributed by atoms with van der Waals surface area (Å²) < 4.78 is 14.6. The second kappa shape index (κ2) is 9.49. The minimum Gasteiger partial charge on any atom is -0.364 e. The highest BCUT2D eigenvalue weighted by atomic mass is 35.5. The molecule has 3 aromatic rings. The standard InChI is InChI=1S/C23H26ClFN4O2/c1-23(2,3)20-13-19(29(28-20)18-9-5-7-16(24)12-18)14-26-22(31)27-17-8-4-6-15(10-17)11-21(25)30/h4-10,12-13,21,30H,11,14H2,1-3H3,(H2,26,27,31). The van der Waals surface area contributed by atoms with Gasteiger partial charge >= 0.3 is 6.03 Å². The van der Waals surface area contributed by atoms with Gasteiger partial charge in [-0.1, -0.05) is 50.6 Å². The summed E-state index contributed by atoms with van der Waals surface area (Å²) in [7, 11) is 0. The number of aromatic nitrogens is 2. The molecular weight excluding hydrogens is 419 g/mol. The molecule has 8 heteroatoms. The van der Waals surface area contributed by atoms with E-state index in [1.165, 1.54) is 0 Å². The predicted octanol–water partition coefficient (Wildman–Crippen LogP) is 4.98. The molecule has 0 aliphatic carbocycles. The first kappa shape index (κ1) is 22.8. The Hall–Kier alpha value is -2.90. The summed E-state index contributed by atoms with van der Waals surface area (Å²) in [6.45, 7) is 6.46. The molecule has 0 radical (unpaired) electrons. The van der Waals surface area contributed by atoms with Gasteiger partial charge in [-0.15, -0.1) is 0 Å². The van der Waals surface area contributed by atoms with Gasteiger partial charge in [-0.25, -0.2) is 13.9 Å². The maximum atomic E-state index is 12.8. The number of amides is 2. The van der Waals surface area contributed by atoms with Crippen LogP contribution in [0.2, 0.25) is 5.02 Å². The number of halogens is 2. The van der Waals surface area contributed by atoms with Crippen LogP contribution in [0.3, 0.4) is 0 Å².